The van der Waals surface area contributed by atoms with Gasteiger partial charge in [-0.05, 0) is 29.5 Å². The molecule has 0 spiro atoms. The maximum absolute atomic E-state index is 11.5. The Morgan fingerprint density at radius 2 is 1.75 bits per heavy atom. The number of benzene rings is 2. The van der Waals surface area contributed by atoms with Gasteiger partial charge in [-0.2, -0.15) is 0 Å². The van der Waals surface area contributed by atoms with E-state index in [0.29, 0.717) is 17.9 Å². The summed E-state index contributed by atoms with van der Waals surface area (Å²) in [5, 5.41) is 13.5. The summed E-state index contributed by atoms with van der Waals surface area (Å²) < 4.78 is 10.7. The van der Waals surface area contributed by atoms with Gasteiger partial charge in [-0.15, -0.1) is 0 Å². The zero-order valence-electron chi connectivity index (χ0n) is 14.1. The number of rotatable bonds is 5. The SMILES string of the molecule is CCC(O)(c1ccc(OC)c(OC)c1)c1cncc2ccccc12. The number of fused-ring (bicyclic) bond motifs is 1. The van der Waals surface area contributed by atoms with Gasteiger partial charge in [0.15, 0.2) is 11.5 Å². The number of aromatic nitrogens is 1. The predicted octanol–water partition coefficient (Wildman–Crippen LogP) is 3.90. The van der Waals surface area contributed by atoms with Crippen LogP contribution >= 0.6 is 0 Å². The van der Waals surface area contributed by atoms with Gasteiger partial charge < -0.3 is 14.6 Å². The Morgan fingerprint density at radius 1 is 1.00 bits per heavy atom. The van der Waals surface area contributed by atoms with E-state index in [4.69, 9.17) is 9.47 Å². The average molecular weight is 323 g/mol. The maximum atomic E-state index is 11.5. The van der Waals surface area contributed by atoms with Gasteiger partial charge in [0.25, 0.3) is 0 Å². The summed E-state index contributed by atoms with van der Waals surface area (Å²) >= 11 is 0. The molecule has 0 amide bonds. The van der Waals surface area contributed by atoms with Gasteiger partial charge in [-0.25, -0.2) is 0 Å². The fraction of sp³-hybridized carbons (Fsp3) is 0.250. The molecule has 1 atom stereocenters. The molecule has 0 aliphatic heterocycles. The first kappa shape index (κ1) is 16.3. The van der Waals surface area contributed by atoms with Crippen LogP contribution in [0, 0.1) is 0 Å². The fourth-order valence-electron chi connectivity index (χ4n) is 3.09. The molecule has 0 aliphatic rings. The molecule has 1 heterocycles. The van der Waals surface area contributed by atoms with Gasteiger partial charge in [0.1, 0.15) is 5.60 Å². The highest BCUT2D eigenvalue weighted by molar-refractivity contribution is 5.86. The molecule has 24 heavy (non-hydrogen) atoms. The van der Waals surface area contributed by atoms with Crippen molar-refractivity contribution in [2.75, 3.05) is 14.2 Å². The first-order valence-electron chi connectivity index (χ1n) is 7.92. The van der Waals surface area contributed by atoms with Gasteiger partial charge in [-0.1, -0.05) is 37.3 Å². The molecule has 124 valence electrons. The van der Waals surface area contributed by atoms with Crippen molar-refractivity contribution in [3.05, 3.63) is 66.0 Å². The van der Waals surface area contributed by atoms with Gasteiger partial charge >= 0.3 is 0 Å². The van der Waals surface area contributed by atoms with Crippen LogP contribution < -0.4 is 9.47 Å². The second-order valence-electron chi connectivity index (χ2n) is 5.69. The molecule has 0 fully saturated rings. The molecule has 2 aromatic carbocycles. The van der Waals surface area contributed by atoms with Crippen molar-refractivity contribution < 1.29 is 14.6 Å². The molecule has 0 bridgehead atoms. The fourth-order valence-corrected chi connectivity index (χ4v) is 3.09. The second kappa shape index (κ2) is 6.49. The first-order chi connectivity index (χ1) is 11.6. The second-order valence-corrected chi connectivity index (χ2v) is 5.69. The third-order valence-electron chi connectivity index (χ3n) is 4.49. The minimum atomic E-state index is -1.16. The molecule has 4 nitrogen and oxygen atoms in total. The van der Waals surface area contributed by atoms with Crippen molar-refractivity contribution >= 4 is 10.8 Å². The van der Waals surface area contributed by atoms with Crippen LogP contribution in [0.25, 0.3) is 10.8 Å². The van der Waals surface area contributed by atoms with Gasteiger partial charge in [0.2, 0.25) is 0 Å². The highest BCUT2D eigenvalue weighted by atomic mass is 16.5. The van der Waals surface area contributed by atoms with Gasteiger partial charge in [0, 0.05) is 23.3 Å². The lowest BCUT2D eigenvalue weighted by Crippen LogP contribution is -2.27. The smallest absolute Gasteiger partial charge is 0.161 e. The number of aliphatic hydroxyl groups is 1. The normalized spacial score (nSPS) is 13.5. The van der Waals surface area contributed by atoms with E-state index in [9.17, 15) is 5.11 Å². The highest BCUT2D eigenvalue weighted by Crippen LogP contribution is 2.39. The summed E-state index contributed by atoms with van der Waals surface area (Å²) in [4.78, 5) is 4.31. The molecular formula is C20H21NO3. The Balaban J connectivity index is 2.22. The molecule has 0 radical (unpaired) electrons. The van der Waals surface area contributed by atoms with Crippen molar-refractivity contribution in [3.63, 3.8) is 0 Å². The topological polar surface area (TPSA) is 51.6 Å². The molecule has 0 aliphatic carbocycles. The highest BCUT2D eigenvalue weighted by Gasteiger charge is 2.32. The monoisotopic (exact) mass is 323 g/mol. The third-order valence-corrected chi connectivity index (χ3v) is 4.49. The van der Waals surface area contributed by atoms with E-state index in [1.54, 1.807) is 20.4 Å². The lowest BCUT2D eigenvalue weighted by Gasteiger charge is -2.29. The summed E-state index contributed by atoms with van der Waals surface area (Å²) in [7, 11) is 3.18. The summed E-state index contributed by atoms with van der Waals surface area (Å²) in [6, 6.07) is 13.4. The Bertz CT molecular complexity index is 857. The molecule has 4 heteroatoms. The molecule has 1 unspecified atom stereocenters. The van der Waals surface area contributed by atoms with Crippen molar-refractivity contribution in [2.45, 2.75) is 18.9 Å². The number of hydrogen-bond acceptors (Lipinski definition) is 4. The van der Waals surface area contributed by atoms with Crippen LogP contribution in [0.4, 0.5) is 0 Å². The van der Waals surface area contributed by atoms with Crippen LogP contribution in [-0.2, 0) is 5.60 Å². The molecule has 0 saturated heterocycles. The van der Waals surface area contributed by atoms with E-state index in [-0.39, 0.29) is 0 Å². The van der Waals surface area contributed by atoms with Crippen molar-refractivity contribution in [1.29, 1.82) is 0 Å². The van der Waals surface area contributed by atoms with Crippen LogP contribution in [0.5, 0.6) is 11.5 Å². The van der Waals surface area contributed by atoms with Crippen molar-refractivity contribution in [3.8, 4) is 11.5 Å². The van der Waals surface area contributed by atoms with Crippen LogP contribution in [-0.4, -0.2) is 24.3 Å². The van der Waals surface area contributed by atoms with Crippen LogP contribution in [0.1, 0.15) is 24.5 Å². The molecule has 0 saturated carbocycles. The van der Waals surface area contributed by atoms with E-state index < -0.39 is 5.60 Å². The number of methoxy groups -OCH3 is 2. The summed E-state index contributed by atoms with van der Waals surface area (Å²) in [6.45, 7) is 1.96. The van der Waals surface area contributed by atoms with Crippen LogP contribution in [0.15, 0.2) is 54.9 Å². The van der Waals surface area contributed by atoms with Gasteiger partial charge in [0.05, 0.1) is 14.2 Å². The zero-order valence-corrected chi connectivity index (χ0v) is 14.1. The molecule has 1 aromatic heterocycles. The largest absolute Gasteiger partial charge is 0.493 e. The summed E-state index contributed by atoms with van der Waals surface area (Å²) in [5.74, 6) is 1.23. The van der Waals surface area contributed by atoms with Crippen LogP contribution in [0.2, 0.25) is 0 Å². The van der Waals surface area contributed by atoms with Gasteiger partial charge in [-0.3, -0.25) is 4.98 Å². The lowest BCUT2D eigenvalue weighted by molar-refractivity contribution is 0.0774. The molecule has 3 rings (SSSR count). The van der Waals surface area contributed by atoms with Crippen LogP contribution in [0.3, 0.4) is 0 Å². The number of ether oxygens (including phenoxy) is 2. The number of pyridine rings is 1. The number of nitrogens with zero attached hydrogens (tertiary/aromatic N) is 1. The Hall–Kier alpha value is -2.59. The Kier molecular flexibility index (Phi) is 4.40. The molecular weight excluding hydrogens is 302 g/mol. The van der Waals surface area contributed by atoms with E-state index in [1.165, 1.54) is 0 Å². The average Bonchev–Trinajstić information content (AvgIpc) is 2.66. The minimum absolute atomic E-state index is 0.512. The Labute approximate surface area is 141 Å². The standard InChI is InChI=1S/C20H21NO3/c1-4-20(22,15-9-10-18(23-2)19(11-15)24-3)17-13-21-12-14-7-5-6-8-16(14)17/h5-13,22H,4H2,1-3H3. The van der Waals surface area contributed by atoms with E-state index >= 15 is 0 Å². The number of hydrogen-bond donors (Lipinski definition) is 1. The van der Waals surface area contributed by atoms with Crippen molar-refractivity contribution in [1.82, 2.24) is 4.98 Å². The minimum Gasteiger partial charge on any atom is -0.493 e. The first-order valence-corrected chi connectivity index (χ1v) is 7.92. The quantitative estimate of drug-likeness (QED) is 0.774. The van der Waals surface area contributed by atoms with E-state index in [1.807, 2.05) is 55.6 Å². The predicted molar refractivity (Wildman–Crippen MR) is 94.6 cm³/mol. The zero-order chi connectivity index (χ0) is 17.2. The third kappa shape index (κ3) is 2.59. The van der Waals surface area contributed by atoms with Crippen molar-refractivity contribution in [2.24, 2.45) is 0 Å². The molecule has 3 aromatic rings. The summed E-state index contributed by atoms with van der Waals surface area (Å²) in [6.07, 6.45) is 4.06. The lowest BCUT2D eigenvalue weighted by atomic mass is 9.82. The van der Waals surface area contributed by atoms with E-state index in [0.717, 1.165) is 21.9 Å². The Morgan fingerprint density at radius 3 is 2.46 bits per heavy atom. The maximum Gasteiger partial charge on any atom is 0.161 e. The van der Waals surface area contributed by atoms with E-state index in [2.05, 4.69) is 4.98 Å². The molecule has 1 N–H and O–H groups in total. The summed E-state index contributed by atoms with van der Waals surface area (Å²) in [5.41, 5.74) is 0.379.